The quantitative estimate of drug-likeness (QED) is 0.748. The molecule has 1 heterocycles. The second-order valence-electron chi connectivity index (χ2n) is 7.01. The van der Waals surface area contributed by atoms with Gasteiger partial charge in [0.2, 0.25) is 5.91 Å². The number of rotatable bonds is 8. The van der Waals surface area contributed by atoms with E-state index in [2.05, 4.69) is 25.7 Å². The average molecular weight is 297 g/mol. The van der Waals surface area contributed by atoms with Gasteiger partial charge in [0.25, 0.3) is 0 Å². The van der Waals surface area contributed by atoms with Crippen LogP contribution in [0.25, 0.3) is 0 Å². The molecular formula is C17H35N3O. The monoisotopic (exact) mass is 297 g/mol. The lowest BCUT2D eigenvalue weighted by molar-refractivity contribution is -0.133. The van der Waals surface area contributed by atoms with Crippen molar-refractivity contribution in [2.75, 3.05) is 33.2 Å². The normalized spacial score (nSPS) is 19.0. The van der Waals surface area contributed by atoms with Gasteiger partial charge in [0.1, 0.15) is 0 Å². The summed E-state index contributed by atoms with van der Waals surface area (Å²) in [5.74, 6) is 1.22. The van der Waals surface area contributed by atoms with Crippen LogP contribution in [0.2, 0.25) is 0 Å². The summed E-state index contributed by atoms with van der Waals surface area (Å²) >= 11 is 0. The molecule has 1 saturated heterocycles. The van der Waals surface area contributed by atoms with Crippen molar-refractivity contribution in [3.8, 4) is 0 Å². The number of hydrogen-bond acceptors (Lipinski definition) is 3. The summed E-state index contributed by atoms with van der Waals surface area (Å²) in [4.78, 5) is 17.0. The minimum absolute atomic E-state index is 0.278. The second kappa shape index (κ2) is 9.42. The molecule has 1 amide bonds. The molecule has 0 saturated carbocycles. The fraction of sp³-hybridized carbons (Fsp3) is 0.941. The van der Waals surface area contributed by atoms with Crippen LogP contribution in [0.5, 0.6) is 0 Å². The predicted molar refractivity (Wildman–Crippen MR) is 89.1 cm³/mol. The minimum atomic E-state index is 0.278. The minimum Gasteiger partial charge on any atom is -0.343 e. The average Bonchev–Trinajstić information content (AvgIpc) is 2.46. The van der Waals surface area contributed by atoms with Gasteiger partial charge < -0.3 is 15.5 Å². The van der Waals surface area contributed by atoms with Gasteiger partial charge in [-0.1, -0.05) is 20.8 Å². The number of carbonyl (C=O) groups excluding carboxylic acids is 1. The molecule has 0 aromatic carbocycles. The zero-order chi connectivity index (χ0) is 15.8. The molecule has 21 heavy (non-hydrogen) atoms. The lowest BCUT2D eigenvalue weighted by Crippen LogP contribution is -2.46. The van der Waals surface area contributed by atoms with Crippen LogP contribution in [0, 0.1) is 11.8 Å². The summed E-state index contributed by atoms with van der Waals surface area (Å²) in [5.41, 5.74) is 5.82. The molecule has 0 aliphatic carbocycles. The van der Waals surface area contributed by atoms with E-state index in [-0.39, 0.29) is 5.91 Å². The van der Waals surface area contributed by atoms with Crippen molar-refractivity contribution in [1.82, 2.24) is 9.80 Å². The van der Waals surface area contributed by atoms with Gasteiger partial charge in [-0.2, -0.15) is 0 Å². The van der Waals surface area contributed by atoms with Crippen LogP contribution in [0.15, 0.2) is 0 Å². The number of carbonyl (C=O) groups is 1. The Morgan fingerprint density at radius 3 is 2.43 bits per heavy atom. The summed E-state index contributed by atoms with van der Waals surface area (Å²) in [7, 11) is 1.98. The summed E-state index contributed by atoms with van der Waals surface area (Å²) in [5, 5.41) is 0. The maximum atomic E-state index is 12.5. The Kier molecular flexibility index (Phi) is 8.27. The zero-order valence-electron chi connectivity index (χ0n) is 14.5. The van der Waals surface area contributed by atoms with E-state index >= 15 is 0 Å². The first-order valence-electron chi connectivity index (χ1n) is 8.65. The lowest BCUT2D eigenvalue weighted by Gasteiger charge is -2.37. The predicted octanol–water partition coefficient (Wildman–Crippen LogP) is 2.33. The summed E-state index contributed by atoms with van der Waals surface area (Å²) in [6.07, 6.45) is 5.09. The van der Waals surface area contributed by atoms with Gasteiger partial charge in [-0.25, -0.2) is 0 Å². The highest BCUT2D eigenvalue weighted by molar-refractivity contribution is 5.76. The molecule has 1 aliphatic heterocycles. The molecule has 0 radical (unpaired) electrons. The molecule has 0 aromatic heterocycles. The van der Waals surface area contributed by atoms with Gasteiger partial charge in [-0.05, 0) is 50.6 Å². The fourth-order valence-corrected chi connectivity index (χ4v) is 3.37. The van der Waals surface area contributed by atoms with Crippen LogP contribution in [-0.2, 0) is 4.79 Å². The standard InChI is InChI=1S/C17H35N3O/c1-5-8-20-9-6-16(7-10-20)19(4)17(21)12-15(13-18)11-14(2)3/h14-16H,5-13,18H2,1-4H3. The van der Waals surface area contributed by atoms with Crippen molar-refractivity contribution >= 4 is 5.91 Å². The second-order valence-corrected chi connectivity index (χ2v) is 7.01. The Labute approximate surface area is 131 Å². The van der Waals surface area contributed by atoms with Crippen LogP contribution in [0.4, 0.5) is 0 Å². The number of piperidine rings is 1. The Bertz CT molecular complexity index is 298. The Hall–Kier alpha value is -0.610. The van der Waals surface area contributed by atoms with E-state index in [0.29, 0.717) is 30.8 Å². The number of amides is 1. The molecule has 1 aliphatic rings. The molecular weight excluding hydrogens is 262 g/mol. The molecule has 1 fully saturated rings. The first kappa shape index (κ1) is 18.4. The zero-order valence-corrected chi connectivity index (χ0v) is 14.5. The maximum absolute atomic E-state index is 12.5. The van der Waals surface area contributed by atoms with Crippen LogP contribution in [-0.4, -0.2) is 55.0 Å². The first-order valence-corrected chi connectivity index (χ1v) is 8.65. The van der Waals surface area contributed by atoms with Gasteiger partial charge in [0.15, 0.2) is 0 Å². The number of nitrogens with zero attached hydrogens (tertiary/aromatic N) is 2. The third-order valence-electron chi connectivity index (χ3n) is 4.64. The smallest absolute Gasteiger partial charge is 0.222 e. The summed E-state index contributed by atoms with van der Waals surface area (Å²) in [6, 6.07) is 0.420. The third kappa shape index (κ3) is 6.35. The van der Waals surface area contributed by atoms with Gasteiger partial charge in [0.05, 0.1) is 0 Å². The molecule has 0 bridgehead atoms. The molecule has 4 heteroatoms. The van der Waals surface area contributed by atoms with E-state index in [1.807, 2.05) is 11.9 Å². The van der Waals surface area contributed by atoms with Crippen molar-refractivity contribution in [3.63, 3.8) is 0 Å². The Balaban J connectivity index is 2.40. The lowest BCUT2D eigenvalue weighted by atomic mass is 9.93. The first-order chi connectivity index (χ1) is 9.97. The van der Waals surface area contributed by atoms with Gasteiger partial charge in [-0.15, -0.1) is 0 Å². The molecule has 1 atom stereocenters. The SMILES string of the molecule is CCCN1CCC(N(C)C(=O)CC(CN)CC(C)C)CC1. The van der Waals surface area contributed by atoms with E-state index in [1.165, 1.54) is 13.0 Å². The van der Waals surface area contributed by atoms with Crippen LogP contribution >= 0.6 is 0 Å². The molecule has 0 spiro atoms. The third-order valence-corrected chi connectivity index (χ3v) is 4.64. The van der Waals surface area contributed by atoms with Gasteiger partial charge >= 0.3 is 0 Å². The molecule has 1 rings (SSSR count). The van der Waals surface area contributed by atoms with Crippen LogP contribution < -0.4 is 5.73 Å². The van der Waals surface area contributed by atoms with Crippen molar-refractivity contribution in [2.45, 2.75) is 58.9 Å². The number of nitrogens with two attached hydrogens (primary N) is 1. The van der Waals surface area contributed by atoms with E-state index < -0.39 is 0 Å². The fourth-order valence-electron chi connectivity index (χ4n) is 3.37. The van der Waals surface area contributed by atoms with Gasteiger partial charge in [-0.3, -0.25) is 4.79 Å². The Morgan fingerprint density at radius 1 is 1.33 bits per heavy atom. The van der Waals surface area contributed by atoms with Crippen molar-refractivity contribution in [3.05, 3.63) is 0 Å². The summed E-state index contributed by atoms with van der Waals surface area (Å²) < 4.78 is 0. The highest BCUT2D eigenvalue weighted by atomic mass is 16.2. The molecule has 4 nitrogen and oxygen atoms in total. The van der Waals surface area contributed by atoms with E-state index in [0.717, 1.165) is 32.4 Å². The highest BCUT2D eigenvalue weighted by Gasteiger charge is 2.26. The largest absolute Gasteiger partial charge is 0.343 e. The van der Waals surface area contributed by atoms with E-state index in [9.17, 15) is 4.79 Å². The van der Waals surface area contributed by atoms with Crippen LogP contribution in [0.1, 0.15) is 52.9 Å². The maximum Gasteiger partial charge on any atom is 0.222 e. The van der Waals surface area contributed by atoms with E-state index in [1.54, 1.807) is 0 Å². The molecule has 2 N–H and O–H groups in total. The molecule has 0 aromatic rings. The number of likely N-dealkylation sites (tertiary alicyclic amines) is 1. The number of hydrogen-bond donors (Lipinski definition) is 1. The van der Waals surface area contributed by atoms with E-state index in [4.69, 9.17) is 5.73 Å². The highest BCUT2D eigenvalue weighted by Crippen LogP contribution is 2.20. The Morgan fingerprint density at radius 2 is 1.95 bits per heavy atom. The van der Waals surface area contributed by atoms with Crippen molar-refractivity contribution < 1.29 is 4.79 Å². The van der Waals surface area contributed by atoms with Crippen LogP contribution in [0.3, 0.4) is 0 Å². The van der Waals surface area contributed by atoms with Crippen molar-refractivity contribution in [1.29, 1.82) is 0 Å². The van der Waals surface area contributed by atoms with Gasteiger partial charge in [0, 0.05) is 32.6 Å². The molecule has 1 unspecified atom stereocenters. The topological polar surface area (TPSA) is 49.6 Å². The van der Waals surface area contributed by atoms with Crippen molar-refractivity contribution in [2.24, 2.45) is 17.6 Å². The molecule has 124 valence electrons. The summed E-state index contributed by atoms with van der Waals surface area (Å²) in [6.45, 7) is 10.7.